The number of aromatic nitrogens is 2. The molecule has 0 aliphatic rings. The largest absolute Gasteiger partial charge is 0.480 e. The number of carboxylic acids is 1. The smallest absolute Gasteiger partial charge is 0.326 e. The molecule has 0 saturated heterocycles. The maximum absolute atomic E-state index is 11.9. The quantitative estimate of drug-likeness (QED) is 0.741. The molecule has 1 aromatic heterocycles. The van der Waals surface area contributed by atoms with E-state index in [2.05, 4.69) is 15.3 Å². The summed E-state index contributed by atoms with van der Waals surface area (Å²) in [6.45, 7) is 0. The summed E-state index contributed by atoms with van der Waals surface area (Å²) in [6, 6.07) is 7.50. The van der Waals surface area contributed by atoms with Gasteiger partial charge in [-0.1, -0.05) is 18.2 Å². The summed E-state index contributed by atoms with van der Waals surface area (Å²) in [5, 5.41) is 11.6. The number of carbonyl (C=O) groups excluding carboxylic acids is 1. The Balaban J connectivity index is 2.05. The molecular formula is C13H13N3O3. The van der Waals surface area contributed by atoms with Gasteiger partial charge < -0.3 is 15.4 Å². The lowest BCUT2D eigenvalue weighted by Gasteiger charge is -2.13. The second kappa shape index (κ2) is 5.81. The van der Waals surface area contributed by atoms with Crippen molar-refractivity contribution in [1.82, 2.24) is 15.3 Å². The van der Waals surface area contributed by atoms with E-state index < -0.39 is 17.9 Å². The first-order valence-electron chi connectivity index (χ1n) is 5.73. The van der Waals surface area contributed by atoms with Crippen molar-refractivity contribution in [1.29, 1.82) is 0 Å². The highest BCUT2D eigenvalue weighted by molar-refractivity contribution is 5.96. The molecule has 0 radical (unpaired) electrons. The summed E-state index contributed by atoms with van der Waals surface area (Å²) in [6.07, 6.45) is 3.16. The van der Waals surface area contributed by atoms with Crippen molar-refractivity contribution in [2.45, 2.75) is 12.5 Å². The number of hydrogen-bond donors (Lipinski definition) is 3. The van der Waals surface area contributed by atoms with Crippen LogP contribution in [0.1, 0.15) is 16.1 Å². The average Bonchev–Trinajstić information content (AvgIpc) is 2.91. The zero-order chi connectivity index (χ0) is 13.7. The first-order valence-corrected chi connectivity index (χ1v) is 5.73. The molecule has 3 N–H and O–H groups in total. The molecule has 0 spiro atoms. The standard InChI is InChI=1S/C13H13N3O3/c17-12(9-4-2-1-3-5-9)16-11(13(18)19)6-10-7-14-8-15-10/h1-5,7-8,11H,6H2,(H,14,15)(H,16,17)(H,18,19)/t11-/m1/s1. The van der Waals surface area contributed by atoms with Crippen LogP contribution in [0.2, 0.25) is 0 Å². The summed E-state index contributed by atoms with van der Waals surface area (Å²) in [4.78, 5) is 29.7. The van der Waals surface area contributed by atoms with Gasteiger partial charge >= 0.3 is 5.97 Å². The third-order valence-corrected chi connectivity index (χ3v) is 2.62. The molecule has 1 atom stereocenters. The fourth-order valence-corrected chi connectivity index (χ4v) is 1.65. The van der Waals surface area contributed by atoms with Crippen LogP contribution in [0.4, 0.5) is 0 Å². The van der Waals surface area contributed by atoms with Gasteiger partial charge in [0.15, 0.2) is 0 Å². The number of amides is 1. The van der Waals surface area contributed by atoms with E-state index in [1.54, 1.807) is 30.3 Å². The van der Waals surface area contributed by atoms with Crippen molar-refractivity contribution >= 4 is 11.9 Å². The SMILES string of the molecule is O=C(N[C@H](Cc1cnc[nH]1)C(=O)O)c1ccccc1. The van der Waals surface area contributed by atoms with Crippen molar-refractivity contribution in [2.24, 2.45) is 0 Å². The zero-order valence-electron chi connectivity index (χ0n) is 10.0. The second-order valence-corrected chi connectivity index (χ2v) is 4.01. The molecule has 19 heavy (non-hydrogen) atoms. The number of carbonyl (C=O) groups is 2. The van der Waals surface area contributed by atoms with Gasteiger partial charge in [0.2, 0.25) is 0 Å². The summed E-state index contributed by atoms with van der Waals surface area (Å²) in [5.74, 6) is -1.49. The number of imidazole rings is 1. The predicted octanol–water partition coefficient (Wildman–Crippen LogP) is 0.835. The molecule has 6 heteroatoms. The molecule has 2 aromatic rings. The number of nitrogens with one attached hydrogen (secondary N) is 2. The highest BCUT2D eigenvalue weighted by Gasteiger charge is 2.21. The van der Waals surface area contributed by atoms with Crippen molar-refractivity contribution in [3.63, 3.8) is 0 Å². The molecule has 0 bridgehead atoms. The first-order chi connectivity index (χ1) is 9.16. The number of benzene rings is 1. The first kappa shape index (κ1) is 12.8. The summed E-state index contributed by atoms with van der Waals surface area (Å²) < 4.78 is 0. The van der Waals surface area contributed by atoms with Crippen LogP contribution in [0.3, 0.4) is 0 Å². The number of aromatic amines is 1. The highest BCUT2D eigenvalue weighted by atomic mass is 16.4. The van der Waals surface area contributed by atoms with Crippen LogP contribution in [-0.2, 0) is 11.2 Å². The lowest BCUT2D eigenvalue weighted by Crippen LogP contribution is -2.42. The molecule has 0 aliphatic carbocycles. The molecule has 6 nitrogen and oxygen atoms in total. The van der Waals surface area contributed by atoms with Gasteiger partial charge in [-0.15, -0.1) is 0 Å². The van der Waals surface area contributed by atoms with E-state index in [-0.39, 0.29) is 6.42 Å². The topological polar surface area (TPSA) is 95.1 Å². The van der Waals surface area contributed by atoms with E-state index >= 15 is 0 Å². The molecule has 1 amide bonds. The zero-order valence-corrected chi connectivity index (χ0v) is 10.0. The van der Waals surface area contributed by atoms with E-state index in [0.29, 0.717) is 11.3 Å². The maximum Gasteiger partial charge on any atom is 0.326 e. The van der Waals surface area contributed by atoms with E-state index in [1.807, 2.05) is 0 Å². The number of carboxylic acid groups (broad SMARTS) is 1. The Bertz CT molecular complexity index is 552. The molecule has 0 unspecified atom stereocenters. The minimum absolute atomic E-state index is 0.161. The van der Waals surface area contributed by atoms with Crippen LogP contribution in [0.5, 0.6) is 0 Å². The summed E-state index contributed by atoms with van der Waals surface area (Å²) >= 11 is 0. The number of aliphatic carboxylic acids is 1. The Hall–Kier alpha value is -2.63. The number of rotatable bonds is 5. The number of hydrogen-bond acceptors (Lipinski definition) is 3. The normalized spacial score (nSPS) is 11.8. The third-order valence-electron chi connectivity index (χ3n) is 2.62. The van der Waals surface area contributed by atoms with Crippen LogP contribution < -0.4 is 5.32 Å². The van der Waals surface area contributed by atoms with Gasteiger partial charge in [-0.25, -0.2) is 9.78 Å². The van der Waals surface area contributed by atoms with Gasteiger partial charge in [0.05, 0.1) is 6.33 Å². The van der Waals surface area contributed by atoms with Crippen molar-refractivity contribution < 1.29 is 14.7 Å². The van der Waals surface area contributed by atoms with Gasteiger partial charge in [-0.3, -0.25) is 4.79 Å². The Kier molecular flexibility index (Phi) is 3.92. The van der Waals surface area contributed by atoms with Crippen LogP contribution in [0.25, 0.3) is 0 Å². The second-order valence-electron chi connectivity index (χ2n) is 4.01. The van der Waals surface area contributed by atoms with Crippen molar-refractivity contribution in [2.75, 3.05) is 0 Å². The van der Waals surface area contributed by atoms with E-state index in [1.165, 1.54) is 12.5 Å². The Morgan fingerprint density at radius 2 is 2.05 bits per heavy atom. The van der Waals surface area contributed by atoms with Crippen LogP contribution in [-0.4, -0.2) is 33.0 Å². The Morgan fingerprint density at radius 1 is 1.32 bits per heavy atom. The maximum atomic E-state index is 11.9. The Labute approximate surface area is 109 Å². The predicted molar refractivity (Wildman–Crippen MR) is 67.6 cm³/mol. The molecule has 0 saturated carbocycles. The number of H-pyrrole nitrogens is 1. The molecule has 1 heterocycles. The van der Waals surface area contributed by atoms with Crippen LogP contribution >= 0.6 is 0 Å². The molecule has 0 aliphatic heterocycles. The molecule has 98 valence electrons. The van der Waals surface area contributed by atoms with Gasteiger partial charge in [-0.2, -0.15) is 0 Å². The Morgan fingerprint density at radius 3 is 2.63 bits per heavy atom. The van der Waals surface area contributed by atoms with Gasteiger partial charge in [0.1, 0.15) is 6.04 Å². The van der Waals surface area contributed by atoms with E-state index in [9.17, 15) is 9.59 Å². The van der Waals surface area contributed by atoms with Crippen LogP contribution in [0, 0.1) is 0 Å². The molecular weight excluding hydrogens is 246 g/mol. The van der Waals surface area contributed by atoms with Gasteiger partial charge in [-0.05, 0) is 12.1 Å². The van der Waals surface area contributed by atoms with E-state index in [4.69, 9.17) is 5.11 Å². The van der Waals surface area contributed by atoms with Gasteiger partial charge in [0.25, 0.3) is 5.91 Å². The lowest BCUT2D eigenvalue weighted by atomic mass is 10.1. The van der Waals surface area contributed by atoms with Crippen molar-refractivity contribution in [3.8, 4) is 0 Å². The monoisotopic (exact) mass is 259 g/mol. The molecule has 0 fully saturated rings. The minimum Gasteiger partial charge on any atom is -0.480 e. The fourth-order valence-electron chi connectivity index (χ4n) is 1.65. The third kappa shape index (κ3) is 3.41. The van der Waals surface area contributed by atoms with Gasteiger partial charge in [0, 0.05) is 23.9 Å². The van der Waals surface area contributed by atoms with Crippen molar-refractivity contribution in [3.05, 3.63) is 54.1 Å². The fraction of sp³-hybridized carbons (Fsp3) is 0.154. The van der Waals surface area contributed by atoms with Crippen LogP contribution in [0.15, 0.2) is 42.9 Å². The summed E-state index contributed by atoms with van der Waals surface area (Å²) in [7, 11) is 0. The number of nitrogens with zero attached hydrogens (tertiary/aromatic N) is 1. The molecule has 1 aromatic carbocycles. The van der Waals surface area contributed by atoms with E-state index in [0.717, 1.165) is 0 Å². The minimum atomic E-state index is -1.08. The lowest BCUT2D eigenvalue weighted by molar-refractivity contribution is -0.139. The summed E-state index contributed by atoms with van der Waals surface area (Å²) in [5.41, 5.74) is 1.08. The highest BCUT2D eigenvalue weighted by Crippen LogP contribution is 2.02. The average molecular weight is 259 g/mol. The molecule has 2 rings (SSSR count).